The highest BCUT2D eigenvalue weighted by Crippen LogP contribution is 2.31. The Morgan fingerprint density at radius 1 is 1.17 bits per heavy atom. The van der Waals surface area contributed by atoms with Gasteiger partial charge in [-0.3, -0.25) is 9.59 Å². The minimum atomic E-state index is -0.215. The van der Waals surface area contributed by atoms with Crippen molar-refractivity contribution in [1.29, 1.82) is 0 Å². The third kappa shape index (κ3) is 4.24. The van der Waals surface area contributed by atoms with E-state index in [-0.39, 0.29) is 17.7 Å². The highest BCUT2D eigenvalue weighted by atomic mass is 32.1. The van der Waals surface area contributed by atoms with Gasteiger partial charge in [-0.2, -0.15) is 0 Å². The first kappa shape index (κ1) is 19.4. The van der Waals surface area contributed by atoms with Crippen LogP contribution in [0, 0.1) is 19.8 Å². The van der Waals surface area contributed by atoms with E-state index in [1.807, 2.05) is 56.3 Å². The fraction of sp³-hybridized carbons (Fsp3) is 0.318. The van der Waals surface area contributed by atoms with E-state index in [1.54, 1.807) is 4.90 Å². The fourth-order valence-corrected chi connectivity index (χ4v) is 4.53. The number of aryl methyl sites for hydroxylation is 2. The molecule has 1 aliphatic heterocycles. The van der Waals surface area contributed by atoms with Crippen LogP contribution >= 0.6 is 11.3 Å². The summed E-state index contributed by atoms with van der Waals surface area (Å²) in [6.07, 6.45) is 1.59. The molecule has 4 rings (SSSR count). The van der Waals surface area contributed by atoms with Gasteiger partial charge in [0.05, 0.1) is 11.6 Å². The molecule has 0 saturated carbocycles. The minimum Gasteiger partial charge on any atom is -0.459 e. The summed E-state index contributed by atoms with van der Waals surface area (Å²) in [4.78, 5) is 32.7. The predicted molar refractivity (Wildman–Crippen MR) is 113 cm³/mol. The van der Waals surface area contributed by atoms with Crippen molar-refractivity contribution in [3.63, 3.8) is 0 Å². The van der Waals surface area contributed by atoms with Crippen molar-refractivity contribution >= 4 is 28.8 Å². The first-order chi connectivity index (χ1) is 14.0. The number of carbonyl (C=O) groups excluding carboxylic acids is 2. The molecular formula is C22H23N3O3S. The molecule has 0 aliphatic carbocycles. The topological polar surface area (TPSA) is 75.4 Å². The molecule has 29 heavy (non-hydrogen) atoms. The Morgan fingerprint density at radius 2 is 1.97 bits per heavy atom. The molecule has 1 saturated heterocycles. The smallest absolute Gasteiger partial charge is 0.265 e. The molecule has 6 nitrogen and oxygen atoms in total. The average Bonchev–Trinajstić information content (AvgIpc) is 3.34. The van der Waals surface area contributed by atoms with E-state index in [4.69, 9.17) is 4.42 Å². The maximum Gasteiger partial charge on any atom is 0.265 e. The van der Waals surface area contributed by atoms with Crippen LogP contribution in [0.2, 0.25) is 0 Å². The Balaban J connectivity index is 1.46. The summed E-state index contributed by atoms with van der Waals surface area (Å²) < 4.78 is 5.64. The molecule has 2 aromatic heterocycles. The number of anilines is 1. The maximum absolute atomic E-state index is 13.1. The van der Waals surface area contributed by atoms with Crippen molar-refractivity contribution in [3.8, 4) is 10.8 Å². The van der Waals surface area contributed by atoms with Gasteiger partial charge in [0, 0.05) is 18.8 Å². The first-order valence-corrected chi connectivity index (χ1v) is 10.5. The van der Waals surface area contributed by atoms with Crippen LogP contribution in [-0.4, -0.2) is 34.8 Å². The van der Waals surface area contributed by atoms with Gasteiger partial charge in [-0.25, -0.2) is 4.98 Å². The summed E-state index contributed by atoms with van der Waals surface area (Å²) in [6, 6.07) is 13.2. The van der Waals surface area contributed by atoms with Gasteiger partial charge < -0.3 is 14.6 Å². The Labute approximate surface area is 173 Å². The van der Waals surface area contributed by atoms with Gasteiger partial charge >= 0.3 is 0 Å². The van der Waals surface area contributed by atoms with Gasteiger partial charge in [-0.1, -0.05) is 18.2 Å². The van der Waals surface area contributed by atoms with E-state index >= 15 is 0 Å². The molecule has 1 N–H and O–H groups in total. The lowest BCUT2D eigenvalue weighted by Crippen LogP contribution is -2.43. The van der Waals surface area contributed by atoms with Crippen LogP contribution in [0.25, 0.3) is 10.8 Å². The summed E-state index contributed by atoms with van der Waals surface area (Å²) in [6.45, 7) is 4.79. The summed E-state index contributed by atoms with van der Waals surface area (Å²) in [5.74, 6) is 1.17. The average molecular weight is 410 g/mol. The zero-order valence-electron chi connectivity index (χ0n) is 16.5. The van der Waals surface area contributed by atoms with Crippen molar-refractivity contribution in [1.82, 2.24) is 9.88 Å². The number of rotatable bonds is 4. The van der Waals surface area contributed by atoms with E-state index < -0.39 is 0 Å². The Bertz CT molecular complexity index is 1030. The van der Waals surface area contributed by atoms with Crippen LogP contribution in [0.1, 0.15) is 34.0 Å². The molecule has 1 fully saturated rings. The van der Waals surface area contributed by atoms with E-state index in [2.05, 4.69) is 10.3 Å². The van der Waals surface area contributed by atoms with Gasteiger partial charge in [0.25, 0.3) is 5.91 Å². The number of furan rings is 1. The number of nitrogens with one attached hydrogen (secondary N) is 1. The molecule has 0 spiro atoms. The number of nitrogens with zero attached hydrogens (tertiary/aromatic N) is 2. The van der Waals surface area contributed by atoms with E-state index in [9.17, 15) is 9.59 Å². The van der Waals surface area contributed by atoms with Crippen molar-refractivity contribution in [2.45, 2.75) is 26.7 Å². The van der Waals surface area contributed by atoms with Crippen LogP contribution in [0.5, 0.6) is 0 Å². The van der Waals surface area contributed by atoms with E-state index in [1.165, 1.54) is 11.3 Å². The van der Waals surface area contributed by atoms with Crippen molar-refractivity contribution in [2.75, 3.05) is 18.4 Å². The lowest BCUT2D eigenvalue weighted by atomic mass is 9.96. The maximum atomic E-state index is 13.1. The predicted octanol–water partition coefficient (Wildman–Crippen LogP) is 4.51. The number of thiazole rings is 1. The molecule has 1 aliphatic rings. The lowest BCUT2D eigenvalue weighted by Gasteiger charge is -2.31. The molecule has 3 heterocycles. The number of amides is 2. The molecule has 7 heteroatoms. The zero-order chi connectivity index (χ0) is 20.4. The molecule has 3 aromatic rings. The summed E-state index contributed by atoms with van der Waals surface area (Å²) in [7, 11) is 0. The number of piperidine rings is 1. The van der Waals surface area contributed by atoms with E-state index in [0.29, 0.717) is 34.4 Å². The molecule has 0 bridgehead atoms. The quantitative estimate of drug-likeness (QED) is 0.688. The fourth-order valence-electron chi connectivity index (χ4n) is 3.53. The molecule has 0 unspecified atom stereocenters. The molecular weight excluding hydrogens is 386 g/mol. The SMILES string of the molecule is Cc1ccc(-c2nc(C)c(C(=O)N3CCC[C@H](C(=O)Nc4ccccc4)C3)s2)o1. The van der Waals surface area contributed by atoms with Gasteiger partial charge in [-0.05, 0) is 51.0 Å². The molecule has 1 aromatic carbocycles. The lowest BCUT2D eigenvalue weighted by molar-refractivity contribution is -0.121. The highest BCUT2D eigenvalue weighted by molar-refractivity contribution is 7.17. The molecule has 0 radical (unpaired) electrons. The number of hydrogen-bond acceptors (Lipinski definition) is 5. The summed E-state index contributed by atoms with van der Waals surface area (Å²) in [5.41, 5.74) is 1.47. The van der Waals surface area contributed by atoms with Gasteiger partial charge in [0.2, 0.25) is 5.91 Å². The highest BCUT2D eigenvalue weighted by Gasteiger charge is 2.31. The summed E-state index contributed by atoms with van der Waals surface area (Å²) >= 11 is 1.34. The number of likely N-dealkylation sites (tertiary alicyclic amines) is 1. The van der Waals surface area contributed by atoms with Gasteiger partial charge in [0.15, 0.2) is 10.8 Å². The van der Waals surface area contributed by atoms with Crippen molar-refractivity contribution in [3.05, 3.63) is 58.8 Å². The number of benzene rings is 1. The second kappa shape index (κ2) is 8.21. The second-order valence-corrected chi connectivity index (χ2v) is 8.29. The van der Waals surface area contributed by atoms with Crippen LogP contribution in [0.4, 0.5) is 5.69 Å². The molecule has 1 atom stereocenters. The van der Waals surface area contributed by atoms with Crippen LogP contribution in [0.3, 0.4) is 0 Å². The third-order valence-electron chi connectivity index (χ3n) is 5.06. The van der Waals surface area contributed by atoms with Crippen LogP contribution < -0.4 is 5.32 Å². The first-order valence-electron chi connectivity index (χ1n) is 9.70. The standard InChI is InChI=1S/C22H23N3O3S/c1-14-10-11-18(28-14)21-23-15(2)19(29-21)22(27)25-12-6-7-16(13-25)20(26)24-17-8-4-3-5-9-17/h3-5,8-11,16H,6-7,12-13H2,1-2H3,(H,24,26)/t16-/m0/s1. The zero-order valence-corrected chi connectivity index (χ0v) is 17.3. The number of hydrogen-bond donors (Lipinski definition) is 1. The van der Waals surface area contributed by atoms with Crippen molar-refractivity contribution < 1.29 is 14.0 Å². The Hall–Kier alpha value is -2.93. The molecule has 150 valence electrons. The van der Waals surface area contributed by atoms with E-state index in [0.717, 1.165) is 24.3 Å². The number of aromatic nitrogens is 1. The number of para-hydroxylation sites is 1. The van der Waals surface area contributed by atoms with Crippen molar-refractivity contribution in [2.24, 2.45) is 5.92 Å². The Morgan fingerprint density at radius 3 is 2.69 bits per heavy atom. The monoisotopic (exact) mass is 409 g/mol. The van der Waals surface area contributed by atoms with Gasteiger partial charge in [0.1, 0.15) is 10.6 Å². The minimum absolute atomic E-state index is 0.0403. The normalized spacial score (nSPS) is 16.6. The van der Waals surface area contributed by atoms with Crippen LogP contribution in [0.15, 0.2) is 46.9 Å². The second-order valence-electron chi connectivity index (χ2n) is 7.29. The largest absolute Gasteiger partial charge is 0.459 e. The van der Waals surface area contributed by atoms with Crippen LogP contribution in [-0.2, 0) is 4.79 Å². The Kier molecular flexibility index (Phi) is 5.49. The third-order valence-corrected chi connectivity index (χ3v) is 6.22. The summed E-state index contributed by atoms with van der Waals surface area (Å²) in [5, 5.41) is 3.65. The van der Waals surface area contributed by atoms with Gasteiger partial charge in [-0.15, -0.1) is 11.3 Å². The molecule has 2 amide bonds. The number of carbonyl (C=O) groups is 2.